The SMILES string of the molecule is CCC(C)[C@@H](c1ccc(Br)o1)N1CCNCC1. The van der Waals surface area contributed by atoms with Gasteiger partial charge in [-0.05, 0) is 34.0 Å². The van der Waals surface area contributed by atoms with E-state index in [1.807, 2.05) is 6.07 Å². The summed E-state index contributed by atoms with van der Waals surface area (Å²) in [6.07, 6.45) is 1.17. The molecule has 2 rings (SSSR count). The first-order valence-corrected chi connectivity index (χ1v) is 7.21. The van der Waals surface area contributed by atoms with Crippen molar-refractivity contribution in [3.63, 3.8) is 0 Å². The zero-order valence-electron chi connectivity index (χ0n) is 10.6. The number of piperazine rings is 1. The van der Waals surface area contributed by atoms with E-state index in [2.05, 4.69) is 46.1 Å². The highest BCUT2D eigenvalue weighted by Crippen LogP contribution is 2.33. The molecule has 1 aromatic rings. The van der Waals surface area contributed by atoms with E-state index in [-0.39, 0.29) is 0 Å². The molecular formula is C13H21BrN2O. The number of nitrogens with zero attached hydrogens (tertiary/aromatic N) is 1. The molecule has 1 aliphatic rings. The second-order valence-electron chi connectivity index (χ2n) is 4.76. The van der Waals surface area contributed by atoms with Gasteiger partial charge in [-0.15, -0.1) is 0 Å². The van der Waals surface area contributed by atoms with Crippen LogP contribution in [0.25, 0.3) is 0 Å². The third kappa shape index (κ3) is 3.12. The van der Waals surface area contributed by atoms with Crippen molar-refractivity contribution in [1.82, 2.24) is 10.2 Å². The maximum atomic E-state index is 5.78. The Bertz CT molecular complexity index is 347. The van der Waals surface area contributed by atoms with Gasteiger partial charge in [-0.2, -0.15) is 0 Å². The number of hydrogen-bond acceptors (Lipinski definition) is 3. The van der Waals surface area contributed by atoms with Crippen LogP contribution < -0.4 is 5.32 Å². The van der Waals surface area contributed by atoms with E-state index < -0.39 is 0 Å². The molecule has 0 aliphatic carbocycles. The summed E-state index contributed by atoms with van der Waals surface area (Å²) in [4.78, 5) is 2.54. The van der Waals surface area contributed by atoms with Crippen LogP contribution in [-0.2, 0) is 0 Å². The lowest BCUT2D eigenvalue weighted by atomic mass is 9.95. The molecule has 3 nitrogen and oxygen atoms in total. The Morgan fingerprint density at radius 1 is 1.41 bits per heavy atom. The molecule has 1 aliphatic heterocycles. The van der Waals surface area contributed by atoms with Gasteiger partial charge in [0.05, 0.1) is 6.04 Å². The molecular weight excluding hydrogens is 280 g/mol. The standard InChI is InChI=1S/C13H21BrN2O/c1-3-10(2)13(11-4-5-12(14)17-11)16-8-6-15-7-9-16/h4-5,10,13,15H,3,6-9H2,1-2H3/t10?,13-/m0/s1. The van der Waals surface area contributed by atoms with Gasteiger partial charge in [0.2, 0.25) is 0 Å². The number of nitrogens with one attached hydrogen (secondary N) is 1. The Kier molecular flexibility index (Phi) is 4.65. The lowest BCUT2D eigenvalue weighted by molar-refractivity contribution is 0.109. The summed E-state index contributed by atoms with van der Waals surface area (Å²) in [7, 11) is 0. The van der Waals surface area contributed by atoms with Crippen molar-refractivity contribution >= 4 is 15.9 Å². The molecule has 1 N–H and O–H groups in total. The van der Waals surface area contributed by atoms with Crippen LogP contribution in [0.2, 0.25) is 0 Å². The van der Waals surface area contributed by atoms with E-state index >= 15 is 0 Å². The number of furan rings is 1. The fraction of sp³-hybridized carbons (Fsp3) is 0.692. The summed E-state index contributed by atoms with van der Waals surface area (Å²) < 4.78 is 6.61. The molecule has 0 spiro atoms. The number of hydrogen-bond donors (Lipinski definition) is 1. The van der Waals surface area contributed by atoms with Crippen molar-refractivity contribution in [1.29, 1.82) is 0 Å². The van der Waals surface area contributed by atoms with E-state index in [0.29, 0.717) is 12.0 Å². The van der Waals surface area contributed by atoms with Crippen LogP contribution in [0.1, 0.15) is 32.1 Å². The molecule has 0 radical (unpaired) electrons. The van der Waals surface area contributed by atoms with Crippen LogP contribution in [-0.4, -0.2) is 31.1 Å². The van der Waals surface area contributed by atoms with Crippen LogP contribution in [0, 0.1) is 5.92 Å². The van der Waals surface area contributed by atoms with Crippen LogP contribution >= 0.6 is 15.9 Å². The van der Waals surface area contributed by atoms with Gasteiger partial charge in [-0.1, -0.05) is 20.3 Å². The average Bonchev–Trinajstić information content (AvgIpc) is 2.77. The molecule has 2 heterocycles. The van der Waals surface area contributed by atoms with E-state index in [0.717, 1.165) is 36.6 Å². The third-order valence-electron chi connectivity index (χ3n) is 3.61. The van der Waals surface area contributed by atoms with Crippen molar-refractivity contribution in [2.45, 2.75) is 26.3 Å². The van der Waals surface area contributed by atoms with Crippen molar-refractivity contribution in [2.24, 2.45) is 5.92 Å². The number of rotatable bonds is 4. The van der Waals surface area contributed by atoms with Crippen molar-refractivity contribution in [3.8, 4) is 0 Å². The predicted octanol–water partition coefficient (Wildman–Crippen LogP) is 3.03. The fourth-order valence-electron chi connectivity index (χ4n) is 2.49. The highest BCUT2D eigenvalue weighted by molar-refractivity contribution is 9.10. The quantitative estimate of drug-likeness (QED) is 0.926. The molecule has 0 saturated carbocycles. The van der Waals surface area contributed by atoms with Gasteiger partial charge in [-0.25, -0.2) is 0 Å². The summed E-state index contributed by atoms with van der Waals surface area (Å²) in [5.41, 5.74) is 0. The molecule has 1 fully saturated rings. The molecule has 0 bridgehead atoms. The lowest BCUT2D eigenvalue weighted by Crippen LogP contribution is -2.46. The largest absolute Gasteiger partial charge is 0.453 e. The summed E-state index contributed by atoms with van der Waals surface area (Å²) in [5, 5.41) is 3.40. The maximum absolute atomic E-state index is 5.78. The van der Waals surface area contributed by atoms with Crippen LogP contribution in [0.3, 0.4) is 0 Å². The van der Waals surface area contributed by atoms with Crippen LogP contribution in [0.15, 0.2) is 21.2 Å². The lowest BCUT2D eigenvalue weighted by Gasteiger charge is -2.36. The molecule has 17 heavy (non-hydrogen) atoms. The molecule has 1 saturated heterocycles. The fourth-order valence-corrected chi connectivity index (χ4v) is 2.81. The normalized spacial score (nSPS) is 21.4. The van der Waals surface area contributed by atoms with Gasteiger partial charge in [0, 0.05) is 26.2 Å². The third-order valence-corrected chi connectivity index (χ3v) is 4.04. The highest BCUT2D eigenvalue weighted by Gasteiger charge is 2.28. The maximum Gasteiger partial charge on any atom is 0.169 e. The van der Waals surface area contributed by atoms with E-state index in [1.54, 1.807) is 0 Å². The molecule has 0 aromatic carbocycles. The van der Waals surface area contributed by atoms with Gasteiger partial charge in [-0.3, -0.25) is 4.90 Å². The van der Waals surface area contributed by atoms with Gasteiger partial charge in [0.25, 0.3) is 0 Å². The highest BCUT2D eigenvalue weighted by atomic mass is 79.9. The van der Waals surface area contributed by atoms with Crippen LogP contribution in [0.5, 0.6) is 0 Å². The first-order chi connectivity index (χ1) is 8.22. The van der Waals surface area contributed by atoms with Gasteiger partial charge in [0.1, 0.15) is 5.76 Å². The van der Waals surface area contributed by atoms with Crippen molar-refractivity contribution in [2.75, 3.05) is 26.2 Å². The zero-order chi connectivity index (χ0) is 12.3. The first kappa shape index (κ1) is 13.1. The topological polar surface area (TPSA) is 28.4 Å². The van der Waals surface area contributed by atoms with E-state index in [4.69, 9.17) is 4.42 Å². The summed E-state index contributed by atoms with van der Waals surface area (Å²) in [6.45, 7) is 8.92. The van der Waals surface area contributed by atoms with Gasteiger partial charge < -0.3 is 9.73 Å². The molecule has 1 unspecified atom stereocenters. The number of halogens is 1. The molecule has 4 heteroatoms. The Morgan fingerprint density at radius 2 is 2.12 bits per heavy atom. The Hall–Kier alpha value is -0.320. The molecule has 1 aromatic heterocycles. The van der Waals surface area contributed by atoms with Gasteiger partial charge in [0.15, 0.2) is 4.67 Å². The Morgan fingerprint density at radius 3 is 2.65 bits per heavy atom. The minimum absolute atomic E-state index is 0.411. The molecule has 0 amide bonds. The van der Waals surface area contributed by atoms with Crippen molar-refractivity contribution < 1.29 is 4.42 Å². The summed E-state index contributed by atoms with van der Waals surface area (Å²) >= 11 is 3.40. The summed E-state index contributed by atoms with van der Waals surface area (Å²) in [6, 6.07) is 4.50. The van der Waals surface area contributed by atoms with E-state index in [1.165, 1.54) is 6.42 Å². The van der Waals surface area contributed by atoms with E-state index in [9.17, 15) is 0 Å². The minimum atomic E-state index is 0.411. The zero-order valence-corrected chi connectivity index (χ0v) is 12.2. The Labute approximate surface area is 112 Å². The average molecular weight is 301 g/mol. The molecule has 2 atom stereocenters. The first-order valence-electron chi connectivity index (χ1n) is 6.42. The summed E-state index contributed by atoms with van der Waals surface area (Å²) in [5.74, 6) is 1.71. The van der Waals surface area contributed by atoms with Crippen molar-refractivity contribution in [3.05, 3.63) is 22.6 Å². The molecule has 96 valence electrons. The minimum Gasteiger partial charge on any atom is -0.453 e. The second-order valence-corrected chi connectivity index (χ2v) is 5.54. The Balaban J connectivity index is 2.17. The predicted molar refractivity (Wildman–Crippen MR) is 73.0 cm³/mol. The van der Waals surface area contributed by atoms with Gasteiger partial charge >= 0.3 is 0 Å². The second kappa shape index (κ2) is 6.03. The monoisotopic (exact) mass is 300 g/mol. The smallest absolute Gasteiger partial charge is 0.169 e. The van der Waals surface area contributed by atoms with Crippen LogP contribution in [0.4, 0.5) is 0 Å².